The number of guanidine groups is 1. The van der Waals surface area contributed by atoms with Crippen molar-refractivity contribution in [3.8, 4) is 0 Å². The lowest BCUT2D eigenvalue weighted by molar-refractivity contribution is 0.463. The molecule has 4 nitrogen and oxygen atoms in total. The number of anilines is 1. The van der Waals surface area contributed by atoms with E-state index in [0.29, 0.717) is 11.3 Å². The van der Waals surface area contributed by atoms with Gasteiger partial charge in [0.05, 0.1) is 11.5 Å². The summed E-state index contributed by atoms with van der Waals surface area (Å²) in [4.78, 5) is 7.20. The Bertz CT molecular complexity index is 445. The Balaban J connectivity index is 0.00000264. The van der Waals surface area contributed by atoms with Crippen molar-refractivity contribution in [2.45, 2.75) is 38.0 Å². The van der Waals surface area contributed by atoms with E-state index >= 15 is 0 Å². The number of nitrogens with zero attached hydrogens (tertiary/aromatic N) is 2. The van der Waals surface area contributed by atoms with Crippen LogP contribution < -0.4 is 15.5 Å². The predicted molar refractivity (Wildman–Crippen MR) is 117 cm³/mol. The van der Waals surface area contributed by atoms with Crippen LogP contribution in [-0.4, -0.2) is 49.7 Å². The Morgan fingerprint density at radius 3 is 2.78 bits per heavy atom. The normalized spacial score (nSPS) is 17.5. The van der Waals surface area contributed by atoms with Crippen LogP contribution in [0.4, 0.5) is 5.00 Å². The van der Waals surface area contributed by atoms with Crippen molar-refractivity contribution >= 4 is 58.0 Å². The van der Waals surface area contributed by atoms with E-state index < -0.39 is 0 Å². The van der Waals surface area contributed by atoms with E-state index in [1.165, 1.54) is 17.8 Å². The van der Waals surface area contributed by atoms with Crippen LogP contribution in [-0.2, 0) is 0 Å². The first-order valence-electron chi connectivity index (χ1n) is 8.09. The van der Waals surface area contributed by atoms with Gasteiger partial charge >= 0.3 is 0 Å². The summed E-state index contributed by atoms with van der Waals surface area (Å²) in [5, 5.41) is 11.1. The third kappa shape index (κ3) is 7.09. The van der Waals surface area contributed by atoms with E-state index in [2.05, 4.69) is 53.1 Å². The molecule has 1 unspecified atom stereocenters. The summed E-state index contributed by atoms with van der Waals surface area (Å²) < 4.78 is 0. The number of hydrogen-bond donors (Lipinski definition) is 2. The van der Waals surface area contributed by atoms with Gasteiger partial charge in [-0.1, -0.05) is 6.92 Å². The van der Waals surface area contributed by atoms with Gasteiger partial charge in [-0.25, -0.2) is 0 Å². The number of hydrogen-bond acceptors (Lipinski definition) is 4. The van der Waals surface area contributed by atoms with Crippen molar-refractivity contribution < 1.29 is 0 Å². The molecule has 1 aliphatic rings. The van der Waals surface area contributed by atoms with E-state index in [9.17, 15) is 0 Å². The summed E-state index contributed by atoms with van der Waals surface area (Å²) in [7, 11) is 0. The fraction of sp³-hybridized carbons (Fsp3) is 0.688. The second-order valence-corrected chi connectivity index (χ2v) is 7.83. The Hall–Kier alpha value is -0.150. The molecule has 2 rings (SSSR count). The lowest BCUT2D eigenvalue weighted by atomic mass is 10.1. The highest BCUT2D eigenvalue weighted by atomic mass is 127. The molecule has 0 amide bonds. The zero-order valence-corrected chi connectivity index (χ0v) is 18.2. The smallest absolute Gasteiger partial charge is 0.191 e. The first kappa shape index (κ1) is 20.9. The van der Waals surface area contributed by atoms with Gasteiger partial charge in [0.1, 0.15) is 0 Å². The molecule has 7 heteroatoms. The van der Waals surface area contributed by atoms with Crippen LogP contribution in [0.5, 0.6) is 0 Å². The monoisotopic (exact) mass is 468 g/mol. The molecular weight excluding hydrogens is 439 g/mol. The minimum atomic E-state index is 0. The fourth-order valence-electron chi connectivity index (χ4n) is 2.50. The summed E-state index contributed by atoms with van der Waals surface area (Å²) in [6.45, 7) is 8.36. The van der Waals surface area contributed by atoms with E-state index in [0.717, 1.165) is 32.1 Å². The Morgan fingerprint density at radius 1 is 1.48 bits per heavy atom. The molecule has 0 aromatic carbocycles. The largest absolute Gasteiger partial charge is 0.363 e. The zero-order chi connectivity index (χ0) is 15.8. The number of piperidine rings is 1. The molecule has 1 aliphatic heterocycles. The second kappa shape index (κ2) is 11.4. The van der Waals surface area contributed by atoms with Crippen LogP contribution in [0.2, 0.25) is 0 Å². The van der Waals surface area contributed by atoms with Crippen LogP contribution in [0.1, 0.15) is 26.7 Å². The average molecular weight is 468 g/mol. The Labute approximate surface area is 165 Å². The molecule has 23 heavy (non-hydrogen) atoms. The molecular formula is C16H29IN4S2. The molecule has 132 valence electrons. The van der Waals surface area contributed by atoms with E-state index in [1.807, 2.05) is 23.1 Å². The average Bonchev–Trinajstić information content (AvgIpc) is 3.07. The van der Waals surface area contributed by atoms with Gasteiger partial charge in [-0.2, -0.15) is 11.8 Å². The standard InChI is InChI=1S/C16H28N4S2.HI/c1-4-17-16(18-12-13(2)21-3)19-14-7-9-20(10-8-14)15-6-5-11-22-15;/h5-6,11,13-14H,4,7-10,12H2,1-3H3,(H2,17,18,19);1H. The maximum atomic E-state index is 4.71. The minimum absolute atomic E-state index is 0. The maximum Gasteiger partial charge on any atom is 0.191 e. The van der Waals surface area contributed by atoms with Gasteiger partial charge in [0.25, 0.3) is 0 Å². The van der Waals surface area contributed by atoms with Crippen molar-refractivity contribution in [1.82, 2.24) is 10.6 Å². The van der Waals surface area contributed by atoms with Crippen molar-refractivity contribution in [2.24, 2.45) is 4.99 Å². The van der Waals surface area contributed by atoms with E-state index in [1.54, 1.807) is 0 Å². The molecule has 0 radical (unpaired) electrons. The maximum absolute atomic E-state index is 4.71. The molecule has 2 N–H and O–H groups in total. The lowest BCUT2D eigenvalue weighted by Crippen LogP contribution is -2.48. The highest BCUT2D eigenvalue weighted by Gasteiger charge is 2.20. The van der Waals surface area contributed by atoms with E-state index in [-0.39, 0.29) is 24.0 Å². The summed E-state index contributed by atoms with van der Waals surface area (Å²) in [6.07, 6.45) is 4.47. The summed E-state index contributed by atoms with van der Waals surface area (Å²) in [6, 6.07) is 4.87. The predicted octanol–water partition coefficient (Wildman–Crippen LogP) is 3.64. The minimum Gasteiger partial charge on any atom is -0.363 e. The zero-order valence-electron chi connectivity index (χ0n) is 14.2. The summed E-state index contributed by atoms with van der Waals surface area (Å²) >= 11 is 3.70. The summed E-state index contributed by atoms with van der Waals surface area (Å²) in [5.41, 5.74) is 0. The Kier molecular flexibility index (Phi) is 10.4. The first-order valence-corrected chi connectivity index (χ1v) is 10.3. The molecule has 0 bridgehead atoms. The van der Waals surface area contributed by atoms with Crippen LogP contribution >= 0.6 is 47.1 Å². The van der Waals surface area contributed by atoms with Gasteiger partial charge in [-0.05, 0) is 43.5 Å². The quantitative estimate of drug-likeness (QED) is 0.380. The molecule has 1 aromatic heterocycles. The van der Waals surface area contributed by atoms with Gasteiger partial charge in [0.15, 0.2) is 5.96 Å². The van der Waals surface area contributed by atoms with Crippen LogP contribution in [0.25, 0.3) is 0 Å². The molecule has 0 spiro atoms. The Morgan fingerprint density at radius 2 is 2.22 bits per heavy atom. The van der Waals surface area contributed by atoms with Gasteiger partial charge in [0, 0.05) is 30.9 Å². The molecule has 0 aliphatic carbocycles. The number of rotatable bonds is 6. The highest BCUT2D eigenvalue weighted by molar-refractivity contribution is 14.0. The van der Waals surface area contributed by atoms with Gasteiger partial charge in [-0.15, -0.1) is 35.3 Å². The van der Waals surface area contributed by atoms with Gasteiger partial charge < -0.3 is 15.5 Å². The van der Waals surface area contributed by atoms with Crippen LogP contribution in [0, 0.1) is 0 Å². The number of nitrogens with one attached hydrogen (secondary N) is 2. The summed E-state index contributed by atoms with van der Waals surface area (Å²) in [5.74, 6) is 0.970. The molecule has 1 atom stereocenters. The van der Waals surface area contributed by atoms with Crippen LogP contribution in [0.3, 0.4) is 0 Å². The number of halogens is 1. The molecule has 0 saturated carbocycles. The number of thioether (sulfide) groups is 1. The molecule has 1 fully saturated rings. The van der Waals surface area contributed by atoms with Crippen LogP contribution in [0.15, 0.2) is 22.5 Å². The highest BCUT2D eigenvalue weighted by Crippen LogP contribution is 2.24. The molecule has 1 saturated heterocycles. The number of aliphatic imine (C=N–C) groups is 1. The van der Waals surface area contributed by atoms with Crippen molar-refractivity contribution in [3.05, 3.63) is 17.5 Å². The fourth-order valence-corrected chi connectivity index (χ4v) is 3.51. The molecule has 1 aromatic rings. The van der Waals surface area contributed by atoms with Gasteiger partial charge in [-0.3, -0.25) is 4.99 Å². The second-order valence-electron chi connectivity index (χ2n) is 5.62. The van der Waals surface area contributed by atoms with Gasteiger partial charge in [0.2, 0.25) is 0 Å². The van der Waals surface area contributed by atoms with E-state index in [4.69, 9.17) is 4.99 Å². The van der Waals surface area contributed by atoms with Crippen molar-refractivity contribution in [1.29, 1.82) is 0 Å². The number of thiophene rings is 1. The molecule has 2 heterocycles. The van der Waals surface area contributed by atoms with Crippen molar-refractivity contribution in [2.75, 3.05) is 37.3 Å². The van der Waals surface area contributed by atoms with Crippen molar-refractivity contribution in [3.63, 3.8) is 0 Å². The third-order valence-electron chi connectivity index (χ3n) is 3.91. The first-order chi connectivity index (χ1) is 10.7. The SMILES string of the molecule is CCNC(=NCC(C)SC)NC1CCN(c2cccs2)CC1.I. The lowest BCUT2D eigenvalue weighted by Gasteiger charge is -2.33. The third-order valence-corrected chi connectivity index (χ3v) is 5.79. The topological polar surface area (TPSA) is 39.7 Å².